The molecule has 130 valence electrons. The summed E-state index contributed by atoms with van der Waals surface area (Å²) >= 11 is 0. The summed E-state index contributed by atoms with van der Waals surface area (Å²) in [5.41, 5.74) is 2.33. The second kappa shape index (κ2) is 6.63. The number of rotatable bonds is 3. The third-order valence-corrected chi connectivity index (χ3v) is 3.91. The molecule has 0 fully saturated rings. The zero-order valence-electron chi connectivity index (χ0n) is 15.1. The molecular weight excluding hydrogens is 314 g/mol. The Morgan fingerprint density at radius 1 is 1.04 bits per heavy atom. The first-order valence-corrected chi connectivity index (χ1v) is 8.33. The van der Waals surface area contributed by atoms with Gasteiger partial charge < -0.3 is 9.47 Å². The maximum absolute atomic E-state index is 12.8. The van der Waals surface area contributed by atoms with E-state index in [0.29, 0.717) is 6.42 Å². The van der Waals surface area contributed by atoms with Crippen molar-refractivity contribution in [1.82, 2.24) is 4.57 Å². The van der Waals surface area contributed by atoms with Gasteiger partial charge in [0.1, 0.15) is 11.4 Å². The van der Waals surface area contributed by atoms with Crippen molar-refractivity contribution in [3.8, 4) is 5.75 Å². The highest BCUT2D eigenvalue weighted by Gasteiger charge is 2.22. The van der Waals surface area contributed by atoms with Crippen molar-refractivity contribution in [1.29, 1.82) is 0 Å². The SMILES string of the molecule is COc1ccc(Cc2cc3ccccc3n2C(=O)OC(C)(C)C)cc1. The molecule has 0 amide bonds. The monoisotopic (exact) mass is 337 g/mol. The van der Waals surface area contributed by atoms with Crippen molar-refractivity contribution in [2.24, 2.45) is 0 Å². The first kappa shape index (κ1) is 17.1. The van der Waals surface area contributed by atoms with Gasteiger partial charge in [-0.15, -0.1) is 0 Å². The molecule has 1 aromatic heterocycles. The largest absolute Gasteiger partial charge is 0.497 e. The average molecular weight is 337 g/mol. The molecule has 25 heavy (non-hydrogen) atoms. The van der Waals surface area contributed by atoms with Crippen LogP contribution in [0.25, 0.3) is 10.9 Å². The number of ether oxygens (including phenoxy) is 2. The minimum atomic E-state index is -0.542. The fourth-order valence-electron chi connectivity index (χ4n) is 2.82. The van der Waals surface area contributed by atoms with Gasteiger partial charge in [0.15, 0.2) is 0 Å². The highest BCUT2D eigenvalue weighted by atomic mass is 16.6. The minimum Gasteiger partial charge on any atom is -0.497 e. The first-order chi connectivity index (χ1) is 11.9. The number of aromatic nitrogens is 1. The van der Waals surface area contributed by atoms with Crippen molar-refractivity contribution in [2.75, 3.05) is 7.11 Å². The Hall–Kier alpha value is -2.75. The van der Waals surface area contributed by atoms with Crippen molar-refractivity contribution in [3.63, 3.8) is 0 Å². The van der Waals surface area contributed by atoms with Crippen molar-refractivity contribution in [3.05, 3.63) is 65.9 Å². The van der Waals surface area contributed by atoms with Crippen LogP contribution < -0.4 is 4.74 Å². The van der Waals surface area contributed by atoms with Gasteiger partial charge in [-0.3, -0.25) is 0 Å². The molecule has 3 rings (SSSR count). The van der Waals surface area contributed by atoms with E-state index in [1.165, 1.54) is 0 Å². The second-order valence-corrected chi connectivity index (χ2v) is 7.04. The summed E-state index contributed by atoms with van der Waals surface area (Å²) in [7, 11) is 1.65. The quantitative estimate of drug-likeness (QED) is 0.673. The third-order valence-electron chi connectivity index (χ3n) is 3.91. The van der Waals surface area contributed by atoms with Gasteiger partial charge in [0.25, 0.3) is 0 Å². The predicted molar refractivity (Wildman–Crippen MR) is 99.4 cm³/mol. The number of benzene rings is 2. The van der Waals surface area contributed by atoms with Gasteiger partial charge in [0.2, 0.25) is 0 Å². The predicted octanol–water partition coefficient (Wildman–Crippen LogP) is 5.02. The Morgan fingerprint density at radius 3 is 2.36 bits per heavy atom. The van der Waals surface area contributed by atoms with Crippen LogP contribution in [-0.2, 0) is 11.2 Å². The van der Waals surface area contributed by atoms with Crippen LogP contribution in [-0.4, -0.2) is 23.4 Å². The fourth-order valence-corrected chi connectivity index (χ4v) is 2.82. The number of carbonyl (C=O) groups excluding carboxylic acids is 1. The lowest BCUT2D eigenvalue weighted by molar-refractivity contribution is 0.0541. The summed E-state index contributed by atoms with van der Waals surface area (Å²) in [6, 6.07) is 17.8. The standard InChI is InChI=1S/C21H23NO3/c1-21(2,3)25-20(23)22-17(14-16-7-5-6-8-19(16)22)13-15-9-11-18(24-4)12-10-15/h5-12,14H,13H2,1-4H3. The van der Waals surface area contributed by atoms with Crippen LogP contribution in [0.3, 0.4) is 0 Å². The Labute approximate surface area is 148 Å². The lowest BCUT2D eigenvalue weighted by atomic mass is 10.1. The van der Waals surface area contributed by atoms with Gasteiger partial charge in [0, 0.05) is 17.5 Å². The van der Waals surface area contributed by atoms with Gasteiger partial charge in [-0.05, 0) is 50.6 Å². The average Bonchev–Trinajstić information content (AvgIpc) is 2.92. The molecule has 0 atom stereocenters. The molecule has 0 aliphatic carbocycles. The molecule has 0 aliphatic rings. The summed E-state index contributed by atoms with van der Waals surface area (Å²) in [4.78, 5) is 12.8. The van der Waals surface area contributed by atoms with E-state index in [1.54, 1.807) is 11.7 Å². The summed E-state index contributed by atoms with van der Waals surface area (Å²) in [5, 5.41) is 1.02. The van der Waals surface area contributed by atoms with Crippen LogP contribution in [0, 0.1) is 0 Å². The number of nitrogens with zero attached hydrogens (tertiary/aromatic N) is 1. The Kier molecular flexibility index (Phi) is 4.53. The molecule has 2 aromatic carbocycles. The molecule has 0 saturated heterocycles. The molecule has 4 nitrogen and oxygen atoms in total. The topological polar surface area (TPSA) is 40.5 Å². The van der Waals surface area contributed by atoms with Crippen LogP contribution in [0.2, 0.25) is 0 Å². The zero-order chi connectivity index (χ0) is 18.0. The summed E-state index contributed by atoms with van der Waals surface area (Å²) in [6.45, 7) is 5.62. The third kappa shape index (κ3) is 3.85. The molecule has 0 radical (unpaired) electrons. The van der Waals surface area contributed by atoms with Crippen molar-refractivity contribution in [2.45, 2.75) is 32.8 Å². The molecule has 3 aromatic rings. The highest BCUT2D eigenvalue weighted by molar-refractivity contribution is 5.91. The normalized spacial score (nSPS) is 11.5. The Bertz CT molecular complexity index is 886. The number of fused-ring (bicyclic) bond motifs is 1. The van der Waals surface area contributed by atoms with Crippen LogP contribution >= 0.6 is 0 Å². The molecule has 4 heteroatoms. The molecule has 0 unspecified atom stereocenters. The van der Waals surface area contributed by atoms with E-state index in [9.17, 15) is 4.79 Å². The maximum atomic E-state index is 12.8. The van der Waals surface area contributed by atoms with Gasteiger partial charge in [0.05, 0.1) is 12.6 Å². The van der Waals surface area contributed by atoms with Gasteiger partial charge in [-0.25, -0.2) is 9.36 Å². The molecule has 1 heterocycles. The van der Waals surface area contributed by atoms with Gasteiger partial charge in [-0.1, -0.05) is 30.3 Å². The van der Waals surface area contributed by atoms with Gasteiger partial charge in [-0.2, -0.15) is 0 Å². The van der Waals surface area contributed by atoms with Crippen molar-refractivity contribution < 1.29 is 14.3 Å². The van der Waals surface area contributed by atoms with E-state index in [2.05, 4.69) is 0 Å². The molecule has 0 bridgehead atoms. The number of para-hydroxylation sites is 1. The van der Waals surface area contributed by atoms with Crippen LogP contribution in [0.15, 0.2) is 54.6 Å². The van der Waals surface area contributed by atoms with E-state index >= 15 is 0 Å². The van der Waals surface area contributed by atoms with Crippen LogP contribution in [0.5, 0.6) is 5.75 Å². The van der Waals surface area contributed by atoms with Gasteiger partial charge >= 0.3 is 6.09 Å². The number of hydrogen-bond donors (Lipinski definition) is 0. The molecule has 0 spiro atoms. The molecule has 0 aliphatic heterocycles. The summed E-state index contributed by atoms with van der Waals surface area (Å²) in [6.07, 6.45) is 0.287. The second-order valence-electron chi connectivity index (χ2n) is 7.04. The smallest absolute Gasteiger partial charge is 0.419 e. The van der Waals surface area contributed by atoms with E-state index in [4.69, 9.17) is 9.47 Å². The number of methoxy groups -OCH3 is 1. The Balaban J connectivity index is 2.01. The minimum absolute atomic E-state index is 0.350. The highest BCUT2D eigenvalue weighted by Crippen LogP contribution is 2.24. The van der Waals surface area contributed by atoms with Crippen molar-refractivity contribution >= 4 is 17.0 Å². The Morgan fingerprint density at radius 2 is 1.72 bits per heavy atom. The van der Waals surface area contributed by atoms with Crippen LogP contribution in [0.4, 0.5) is 4.79 Å². The number of carbonyl (C=O) groups is 1. The first-order valence-electron chi connectivity index (χ1n) is 8.33. The van der Waals surface area contributed by atoms with E-state index < -0.39 is 5.60 Å². The molecule has 0 saturated carbocycles. The lowest BCUT2D eigenvalue weighted by Gasteiger charge is -2.21. The molecular formula is C21H23NO3. The fraction of sp³-hybridized carbons (Fsp3) is 0.286. The van der Waals surface area contributed by atoms with Crippen LogP contribution in [0.1, 0.15) is 32.0 Å². The zero-order valence-corrected chi connectivity index (χ0v) is 15.1. The van der Waals surface area contributed by atoms with E-state index in [1.807, 2.05) is 75.4 Å². The molecule has 0 N–H and O–H groups in total. The summed E-state index contributed by atoms with van der Waals surface area (Å²) < 4.78 is 12.5. The lowest BCUT2D eigenvalue weighted by Crippen LogP contribution is -2.28. The number of hydrogen-bond acceptors (Lipinski definition) is 3. The summed E-state index contributed by atoms with van der Waals surface area (Å²) in [5.74, 6) is 0.816. The van der Waals surface area contributed by atoms with E-state index in [0.717, 1.165) is 27.9 Å². The maximum Gasteiger partial charge on any atom is 0.419 e. The van der Waals surface area contributed by atoms with E-state index in [-0.39, 0.29) is 6.09 Å².